The minimum absolute atomic E-state index is 0.209. The van der Waals surface area contributed by atoms with Crippen LogP contribution in [0.1, 0.15) is 31.8 Å². The number of amides is 2. The van der Waals surface area contributed by atoms with E-state index in [0.29, 0.717) is 28.9 Å². The molecule has 0 spiro atoms. The zero-order chi connectivity index (χ0) is 19.2. The van der Waals surface area contributed by atoms with E-state index >= 15 is 0 Å². The third-order valence-corrected chi connectivity index (χ3v) is 4.12. The first-order chi connectivity index (χ1) is 13.0. The topological polar surface area (TPSA) is 58.2 Å². The van der Waals surface area contributed by atoms with Crippen molar-refractivity contribution < 1.29 is 14.0 Å². The Balaban J connectivity index is 1.58. The zero-order valence-corrected chi connectivity index (χ0v) is 14.8. The normalized spacial score (nSPS) is 10.3. The average molecular weight is 362 g/mol. The molecule has 0 bridgehead atoms. The first-order valence-electron chi connectivity index (χ1n) is 8.52. The van der Waals surface area contributed by atoms with Crippen LogP contribution in [0.5, 0.6) is 0 Å². The summed E-state index contributed by atoms with van der Waals surface area (Å²) in [5.74, 6) is -0.712. The van der Waals surface area contributed by atoms with Gasteiger partial charge in [0.2, 0.25) is 0 Å². The van der Waals surface area contributed by atoms with Gasteiger partial charge in [0.15, 0.2) is 0 Å². The van der Waals surface area contributed by atoms with E-state index in [0.717, 1.165) is 5.56 Å². The Morgan fingerprint density at radius 1 is 0.852 bits per heavy atom. The van der Waals surface area contributed by atoms with Gasteiger partial charge in [-0.2, -0.15) is 0 Å². The Labute approximate surface area is 157 Å². The van der Waals surface area contributed by atoms with Gasteiger partial charge in [0.05, 0.1) is 0 Å². The quantitative estimate of drug-likeness (QED) is 0.710. The molecule has 3 aromatic carbocycles. The number of aryl methyl sites for hydroxylation is 1. The fraction of sp³-hybridized carbons (Fsp3) is 0.0909. The maximum Gasteiger partial charge on any atom is 0.255 e. The summed E-state index contributed by atoms with van der Waals surface area (Å²) >= 11 is 0. The fourth-order valence-corrected chi connectivity index (χ4v) is 2.60. The third kappa shape index (κ3) is 4.79. The van der Waals surface area contributed by atoms with Crippen LogP contribution < -0.4 is 10.6 Å². The molecule has 27 heavy (non-hydrogen) atoms. The highest BCUT2D eigenvalue weighted by atomic mass is 19.1. The van der Waals surface area contributed by atoms with Crippen LogP contribution >= 0.6 is 0 Å². The maximum atomic E-state index is 13.3. The van der Waals surface area contributed by atoms with Crippen molar-refractivity contribution in [3.63, 3.8) is 0 Å². The number of benzene rings is 3. The van der Waals surface area contributed by atoms with Gasteiger partial charge in [0, 0.05) is 23.4 Å². The smallest absolute Gasteiger partial charge is 0.255 e. The highest BCUT2D eigenvalue weighted by Gasteiger charge is 2.08. The lowest BCUT2D eigenvalue weighted by Crippen LogP contribution is -2.22. The number of rotatable bonds is 5. The molecular formula is C22H19FN2O2. The average Bonchev–Trinajstić information content (AvgIpc) is 2.70. The largest absolute Gasteiger partial charge is 0.348 e. The monoisotopic (exact) mass is 362 g/mol. The second kappa shape index (κ2) is 8.27. The van der Waals surface area contributed by atoms with Gasteiger partial charge in [-0.05, 0) is 60.5 Å². The van der Waals surface area contributed by atoms with Crippen molar-refractivity contribution in [3.05, 3.63) is 101 Å². The van der Waals surface area contributed by atoms with Gasteiger partial charge in [0.1, 0.15) is 5.82 Å². The number of anilines is 1. The molecule has 0 aliphatic heterocycles. The Kier molecular flexibility index (Phi) is 5.61. The van der Waals surface area contributed by atoms with E-state index in [9.17, 15) is 14.0 Å². The van der Waals surface area contributed by atoms with Crippen LogP contribution in [0.25, 0.3) is 0 Å². The van der Waals surface area contributed by atoms with Gasteiger partial charge >= 0.3 is 0 Å². The first-order valence-corrected chi connectivity index (χ1v) is 8.52. The molecule has 0 fully saturated rings. The molecule has 2 N–H and O–H groups in total. The van der Waals surface area contributed by atoms with Crippen molar-refractivity contribution in [2.45, 2.75) is 13.5 Å². The van der Waals surface area contributed by atoms with E-state index in [4.69, 9.17) is 0 Å². The van der Waals surface area contributed by atoms with Crippen LogP contribution in [-0.4, -0.2) is 11.8 Å². The highest BCUT2D eigenvalue weighted by Crippen LogP contribution is 2.13. The second-order valence-corrected chi connectivity index (χ2v) is 6.16. The lowest BCUT2D eigenvalue weighted by molar-refractivity contribution is 0.0950. The summed E-state index contributed by atoms with van der Waals surface area (Å²) < 4.78 is 13.3. The SMILES string of the molecule is Cc1cc(CNC(=O)c2ccc(NC(=O)c3ccccc3)cc2)ccc1F. The van der Waals surface area contributed by atoms with Crippen LogP contribution in [0.3, 0.4) is 0 Å². The molecule has 0 saturated heterocycles. The van der Waals surface area contributed by atoms with Gasteiger partial charge in [0.25, 0.3) is 11.8 Å². The Morgan fingerprint density at radius 3 is 2.19 bits per heavy atom. The molecule has 0 radical (unpaired) electrons. The number of carbonyl (C=O) groups excluding carboxylic acids is 2. The third-order valence-electron chi connectivity index (χ3n) is 4.12. The molecule has 0 saturated carbocycles. The molecule has 136 valence electrons. The Bertz CT molecular complexity index is 954. The molecule has 5 heteroatoms. The zero-order valence-electron chi connectivity index (χ0n) is 14.8. The molecule has 0 aliphatic rings. The van der Waals surface area contributed by atoms with E-state index in [2.05, 4.69) is 10.6 Å². The predicted molar refractivity (Wildman–Crippen MR) is 103 cm³/mol. The van der Waals surface area contributed by atoms with Crippen LogP contribution in [0.2, 0.25) is 0 Å². The van der Waals surface area contributed by atoms with Gasteiger partial charge < -0.3 is 10.6 Å². The van der Waals surface area contributed by atoms with E-state index in [1.165, 1.54) is 6.07 Å². The molecule has 0 unspecified atom stereocenters. The van der Waals surface area contributed by atoms with Crippen molar-refractivity contribution in [1.29, 1.82) is 0 Å². The lowest BCUT2D eigenvalue weighted by Gasteiger charge is -2.08. The van der Waals surface area contributed by atoms with E-state index < -0.39 is 0 Å². The van der Waals surface area contributed by atoms with Crippen molar-refractivity contribution >= 4 is 17.5 Å². The lowest BCUT2D eigenvalue weighted by atomic mass is 10.1. The molecule has 0 aliphatic carbocycles. The van der Waals surface area contributed by atoms with Crippen LogP contribution in [0.4, 0.5) is 10.1 Å². The van der Waals surface area contributed by atoms with Crippen molar-refractivity contribution in [1.82, 2.24) is 5.32 Å². The first kappa shape index (κ1) is 18.3. The number of hydrogen-bond donors (Lipinski definition) is 2. The fourth-order valence-electron chi connectivity index (χ4n) is 2.60. The van der Waals surface area contributed by atoms with Crippen LogP contribution in [0.15, 0.2) is 72.8 Å². The molecule has 0 heterocycles. The maximum absolute atomic E-state index is 13.3. The van der Waals surface area contributed by atoms with Crippen molar-refractivity contribution in [2.75, 3.05) is 5.32 Å². The molecule has 0 aromatic heterocycles. The van der Waals surface area contributed by atoms with Crippen LogP contribution in [0, 0.1) is 12.7 Å². The molecular weight excluding hydrogens is 343 g/mol. The van der Waals surface area contributed by atoms with E-state index in [1.54, 1.807) is 67.6 Å². The summed E-state index contributed by atoms with van der Waals surface area (Å²) in [6, 6.07) is 20.3. The number of hydrogen-bond acceptors (Lipinski definition) is 2. The molecule has 3 rings (SSSR count). The predicted octanol–water partition coefficient (Wildman–Crippen LogP) is 4.32. The van der Waals surface area contributed by atoms with Crippen molar-refractivity contribution in [2.24, 2.45) is 0 Å². The summed E-state index contributed by atoms with van der Waals surface area (Å²) in [5.41, 5.74) is 3.02. The second-order valence-electron chi connectivity index (χ2n) is 6.16. The Hall–Kier alpha value is -3.47. The summed E-state index contributed by atoms with van der Waals surface area (Å²) in [7, 11) is 0. The number of halogens is 1. The van der Waals surface area contributed by atoms with Gasteiger partial charge in [-0.15, -0.1) is 0 Å². The Morgan fingerprint density at radius 2 is 1.52 bits per heavy atom. The van der Waals surface area contributed by atoms with Crippen LogP contribution in [-0.2, 0) is 6.54 Å². The minimum atomic E-state index is -0.266. The molecule has 2 amide bonds. The van der Waals surface area contributed by atoms with Gasteiger partial charge in [-0.25, -0.2) is 4.39 Å². The minimum Gasteiger partial charge on any atom is -0.348 e. The summed E-state index contributed by atoms with van der Waals surface area (Å²) in [4.78, 5) is 24.4. The van der Waals surface area contributed by atoms with E-state index in [-0.39, 0.29) is 17.6 Å². The van der Waals surface area contributed by atoms with E-state index in [1.807, 2.05) is 6.07 Å². The standard InChI is InChI=1S/C22H19FN2O2/c1-15-13-16(7-12-20(15)23)14-24-21(26)18-8-10-19(11-9-18)25-22(27)17-5-3-2-4-6-17/h2-13H,14H2,1H3,(H,24,26)(H,25,27). The number of carbonyl (C=O) groups is 2. The summed E-state index contributed by atoms with van der Waals surface area (Å²) in [6.07, 6.45) is 0. The summed E-state index contributed by atoms with van der Waals surface area (Å²) in [6.45, 7) is 2.00. The highest BCUT2D eigenvalue weighted by molar-refractivity contribution is 6.04. The molecule has 3 aromatic rings. The number of nitrogens with one attached hydrogen (secondary N) is 2. The van der Waals surface area contributed by atoms with Crippen molar-refractivity contribution in [3.8, 4) is 0 Å². The molecule has 0 atom stereocenters. The van der Waals surface area contributed by atoms with Gasteiger partial charge in [-0.3, -0.25) is 9.59 Å². The summed E-state index contributed by atoms with van der Waals surface area (Å²) in [5, 5.41) is 5.59. The molecule has 4 nitrogen and oxygen atoms in total. The van der Waals surface area contributed by atoms with Gasteiger partial charge in [-0.1, -0.05) is 30.3 Å².